The van der Waals surface area contributed by atoms with E-state index in [1.54, 1.807) is 36.1 Å². The van der Waals surface area contributed by atoms with Crippen molar-refractivity contribution >= 4 is 34.5 Å². The van der Waals surface area contributed by atoms with E-state index in [4.69, 9.17) is 4.74 Å². The number of aryl methyl sites for hydroxylation is 1. The molecule has 0 bridgehead atoms. The summed E-state index contributed by atoms with van der Waals surface area (Å²) in [6.45, 7) is 4.04. The van der Waals surface area contributed by atoms with Crippen LogP contribution in [0.4, 0.5) is 10.5 Å². The Morgan fingerprint density at radius 1 is 1.00 bits per heavy atom. The fourth-order valence-electron chi connectivity index (χ4n) is 5.37. The van der Waals surface area contributed by atoms with E-state index in [0.29, 0.717) is 17.7 Å². The molecule has 0 radical (unpaired) electrons. The van der Waals surface area contributed by atoms with Crippen LogP contribution in [-0.4, -0.2) is 40.4 Å². The van der Waals surface area contributed by atoms with Gasteiger partial charge in [0.05, 0.1) is 17.9 Å². The molecule has 180 valence electrons. The van der Waals surface area contributed by atoms with Crippen LogP contribution in [0.3, 0.4) is 0 Å². The summed E-state index contributed by atoms with van der Waals surface area (Å²) in [5.74, 6) is -0.706. The Kier molecular flexibility index (Phi) is 5.14. The number of urea groups is 1. The van der Waals surface area contributed by atoms with Gasteiger partial charge in [0.1, 0.15) is 12.1 Å². The summed E-state index contributed by atoms with van der Waals surface area (Å²) in [5, 5.41) is 1.07. The third kappa shape index (κ3) is 3.31. The molecule has 1 N–H and O–H groups in total. The zero-order valence-electron chi connectivity index (χ0n) is 20.0. The number of carbonyl (C=O) groups excluding carboxylic acids is 3. The number of nitrogens with zero attached hydrogens (tertiary/aromatic N) is 2. The van der Waals surface area contributed by atoms with Gasteiger partial charge in [0.15, 0.2) is 0 Å². The van der Waals surface area contributed by atoms with E-state index < -0.39 is 18.1 Å². The Morgan fingerprint density at radius 3 is 2.44 bits per heavy atom. The second kappa shape index (κ2) is 8.37. The molecule has 1 fully saturated rings. The molecule has 7 nitrogen and oxygen atoms in total. The highest BCUT2D eigenvalue weighted by molar-refractivity contribution is 6.22. The maximum atomic E-state index is 13.9. The molecule has 1 saturated heterocycles. The van der Waals surface area contributed by atoms with Gasteiger partial charge in [0.2, 0.25) is 0 Å². The molecule has 3 aromatic carbocycles. The van der Waals surface area contributed by atoms with Gasteiger partial charge in [-0.3, -0.25) is 9.69 Å². The van der Waals surface area contributed by atoms with Crippen molar-refractivity contribution in [3.8, 4) is 0 Å². The lowest BCUT2D eigenvalue weighted by Crippen LogP contribution is -2.44. The molecule has 0 aliphatic carbocycles. The lowest BCUT2D eigenvalue weighted by Gasteiger charge is -2.36. The number of rotatable bonds is 4. The monoisotopic (exact) mass is 479 g/mol. The molecule has 3 heterocycles. The number of hydrogen-bond acceptors (Lipinski definition) is 4. The smallest absolute Gasteiger partial charge is 0.338 e. The first kappa shape index (κ1) is 22.1. The van der Waals surface area contributed by atoms with Crippen LogP contribution in [0.1, 0.15) is 45.7 Å². The summed E-state index contributed by atoms with van der Waals surface area (Å²) in [4.78, 5) is 46.1. The van der Waals surface area contributed by atoms with Gasteiger partial charge in [-0.15, -0.1) is 0 Å². The van der Waals surface area contributed by atoms with Crippen LogP contribution >= 0.6 is 0 Å². The zero-order chi connectivity index (χ0) is 25.0. The molecule has 6 rings (SSSR count). The quantitative estimate of drug-likeness (QED) is 0.325. The van der Waals surface area contributed by atoms with Crippen molar-refractivity contribution in [2.75, 3.05) is 11.5 Å². The Balaban J connectivity index is 1.44. The number of amides is 3. The van der Waals surface area contributed by atoms with Crippen LogP contribution in [0.15, 0.2) is 72.8 Å². The highest BCUT2D eigenvalue weighted by Crippen LogP contribution is 2.44. The number of carbonyl (C=O) groups is 3. The van der Waals surface area contributed by atoms with Gasteiger partial charge >= 0.3 is 12.0 Å². The average molecular weight is 480 g/mol. The summed E-state index contributed by atoms with van der Waals surface area (Å²) >= 11 is 0. The van der Waals surface area contributed by atoms with E-state index in [2.05, 4.69) is 11.1 Å². The summed E-state index contributed by atoms with van der Waals surface area (Å²) in [6, 6.07) is 21.1. The van der Waals surface area contributed by atoms with Crippen LogP contribution in [0.5, 0.6) is 0 Å². The minimum Gasteiger partial charge on any atom is -0.462 e. The Bertz CT molecular complexity index is 1500. The third-order valence-electron chi connectivity index (χ3n) is 7.08. The van der Waals surface area contributed by atoms with Gasteiger partial charge < -0.3 is 9.72 Å². The number of esters is 1. The van der Waals surface area contributed by atoms with Gasteiger partial charge in [-0.05, 0) is 55.3 Å². The molecule has 4 aromatic rings. The van der Waals surface area contributed by atoms with E-state index in [1.165, 1.54) is 4.90 Å². The molecule has 2 atom stereocenters. The topological polar surface area (TPSA) is 82.7 Å². The molecular weight excluding hydrogens is 454 g/mol. The van der Waals surface area contributed by atoms with Crippen molar-refractivity contribution in [1.82, 2.24) is 9.88 Å². The van der Waals surface area contributed by atoms with Crippen LogP contribution in [0, 0.1) is 6.92 Å². The number of imide groups is 1. The number of para-hydroxylation sites is 1. The minimum absolute atomic E-state index is 0.267. The van der Waals surface area contributed by atoms with Gasteiger partial charge in [-0.25, -0.2) is 14.5 Å². The minimum atomic E-state index is -0.625. The number of anilines is 1. The van der Waals surface area contributed by atoms with Crippen LogP contribution in [0.25, 0.3) is 10.9 Å². The number of aromatic amines is 1. The van der Waals surface area contributed by atoms with Gasteiger partial charge in [-0.1, -0.05) is 48.0 Å². The largest absolute Gasteiger partial charge is 0.462 e. The molecule has 2 aliphatic rings. The van der Waals surface area contributed by atoms with E-state index >= 15 is 0 Å². The SMILES string of the molecule is CCOC(=O)c1ccc(N2C(=O)[C@@H]3Cc4c([nH]c5ccccc45)[C@H](c4ccc(C)cc4)N3C2=O)cc1. The van der Waals surface area contributed by atoms with Crippen LogP contribution < -0.4 is 4.90 Å². The number of aromatic nitrogens is 1. The summed E-state index contributed by atoms with van der Waals surface area (Å²) in [5.41, 5.74) is 5.87. The molecule has 3 amide bonds. The maximum Gasteiger partial charge on any atom is 0.338 e. The fourth-order valence-corrected chi connectivity index (χ4v) is 5.37. The van der Waals surface area contributed by atoms with Crippen molar-refractivity contribution in [2.45, 2.75) is 32.4 Å². The van der Waals surface area contributed by atoms with Crippen molar-refractivity contribution in [2.24, 2.45) is 0 Å². The summed E-state index contributed by atoms with van der Waals surface area (Å²) in [6.07, 6.45) is 0.434. The van der Waals surface area contributed by atoms with Gasteiger partial charge in [-0.2, -0.15) is 0 Å². The number of benzene rings is 3. The first-order valence-electron chi connectivity index (χ1n) is 12.1. The maximum absolute atomic E-state index is 13.9. The predicted molar refractivity (Wildman–Crippen MR) is 136 cm³/mol. The molecular formula is C29H25N3O4. The second-order valence-electron chi connectivity index (χ2n) is 9.23. The first-order valence-corrected chi connectivity index (χ1v) is 12.1. The Hall–Kier alpha value is -4.39. The van der Waals surface area contributed by atoms with Crippen molar-refractivity contribution in [3.05, 3.63) is 101 Å². The standard InChI is InChI=1S/C29H25N3O4/c1-3-36-28(34)19-12-14-20(15-13-19)31-27(33)24-16-22-21-6-4-5-7-23(21)30-25(22)26(32(24)29(31)35)18-10-8-17(2)9-11-18/h4-15,24,26,30H,3,16H2,1-2H3/t24-,26-/m0/s1. The number of ether oxygens (including phenoxy) is 1. The highest BCUT2D eigenvalue weighted by atomic mass is 16.5. The van der Waals surface area contributed by atoms with Gasteiger partial charge in [0.25, 0.3) is 5.91 Å². The third-order valence-corrected chi connectivity index (χ3v) is 7.08. The molecule has 7 heteroatoms. The molecule has 36 heavy (non-hydrogen) atoms. The van der Waals surface area contributed by atoms with Crippen molar-refractivity contribution in [3.63, 3.8) is 0 Å². The van der Waals surface area contributed by atoms with E-state index in [0.717, 1.165) is 33.3 Å². The molecule has 0 unspecified atom stereocenters. The molecule has 0 spiro atoms. The lowest BCUT2D eigenvalue weighted by molar-refractivity contribution is -0.120. The average Bonchev–Trinajstić information content (AvgIpc) is 3.38. The highest BCUT2D eigenvalue weighted by Gasteiger charge is 2.53. The van der Waals surface area contributed by atoms with E-state index in [-0.39, 0.29) is 18.5 Å². The normalized spacial score (nSPS) is 18.9. The number of nitrogens with one attached hydrogen (secondary N) is 1. The van der Waals surface area contributed by atoms with Crippen molar-refractivity contribution in [1.29, 1.82) is 0 Å². The number of hydrogen-bond donors (Lipinski definition) is 1. The van der Waals surface area contributed by atoms with Crippen LogP contribution in [-0.2, 0) is 16.0 Å². The van der Waals surface area contributed by atoms with E-state index in [9.17, 15) is 14.4 Å². The number of H-pyrrole nitrogens is 1. The summed E-state index contributed by atoms with van der Waals surface area (Å²) in [7, 11) is 0. The predicted octanol–water partition coefficient (Wildman–Crippen LogP) is 5.14. The van der Waals surface area contributed by atoms with Gasteiger partial charge in [0, 0.05) is 23.0 Å². The lowest BCUT2D eigenvalue weighted by atomic mass is 9.88. The first-order chi connectivity index (χ1) is 17.5. The Labute approximate surface area is 208 Å². The molecule has 2 aliphatic heterocycles. The Morgan fingerprint density at radius 2 is 1.72 bits per heavy atom. The second-order valence-corrected chi connectivity index (χ2v) is 9.23. The zero-order valence-corrected chi connectivity index (χ0v) is 20.0. The van der Waals surface area contributed by atoms with Crippen molar-refractivity contribution < 1.29 is 19.1 Å². The molecule has 1 aromatic heterocycles. The van der Waals surface area contributed by atoms with Crippen LogP contribution in [0.2, 0.25) is 0 Å². The number of fused-ring (bicyclic) bond motifs is 4. The fraction of sp³-hybridized carbons (Fsp3) is 0.207. The molecule has 0 saturated carbocycles. The summed E-state index contributed by atoms with van der Waals surface area (Å²) < 4.78 is 5.05. The van der Waals surface area contributed by atoms with E-state index in [1.807, 2.05) is 49.4 Å².